The Kier molecular flexibility index (Phi) is 11.7. The molecule has 1 aliphatic rings. The number of benzene rings is 3. The number of nitrogens with two attached hydrogens (primary N) is 1. The maximum absolute atomic E-state index is 13.8. The van der Waals surface area contributed by atoms with E-state index in [1.807, 2.05) is 51.1 Å². The summed E-state index contributed by atoms with van der Waals surface area (Å²) < 4.78 is 18.5. The predicted molar refractivity (Wildman–Crippen MR) is 175 cm³/mol. The molecule has 0 bridgehead atoms. The van der Waals surface area contributed by atoms with Crippen LogP contribution in [0.5, 0.6) is 11.5 Å². The van der Waals surface area contributed by atoms with Crippen molar-refractivity contribution in [2.45, 2.75) is 58.7 Å². The van der Waals surface area contributed by atoms with E-state index in [1.54, 1.807) is 24.1 Å². The zero-order valence-electron chi connectivity index (χ0n) is 26.1. The van der Waals surface area contributed by atoms with E-state index in [9.17, 15) is 9.59 Å². The van der Waals surface area contributed by atoms with Gasteiger partial charge in [-0.3, -0.25) is 9.59 Å². The minimum Gasteiger partial charge on any atom is -0.492 e. The van der Waals surface area contributed by atoms with E-state index >= 15 is 0 Å². The lowest BCUT2D eigenvalue weighted by Gasteiger charge is -2.31. The van der Waals surface area contributed by atoms with E-state index in [4.69, 9.17) is 31.5 Å². The van der Waals surface area contributed by atoms with Gasteiger partial charge in [-0.2, -0.15) is 0 Å². The van der Waals surface area contributed by atoms with E-state index in [-0.39, 0.29) is 17.7 Å². The number of amides is 2. The lowest BCUT2D eigenvalue weighted by atomic mass is 9.94. The van der Waals surface area contributed by atoms with Gasteiger partial charge in [0.1, 0.15) is 12.2 Å². The number of aryl methyl sites for hydroxylation is 1. The van der Waals surface area contributed by atoms with Gasteiger partial charge in [-0.25, -0.2) is 0 Å². The largest absolute Gasteiger partial charge is 0.492 e. The second-order valence-electron chi connectivity index (χ2n) is 12.3. The highest BCUT2D eigenvalue weighted by Crippen LogP contribution is 2.45. The fourth-order valence-corrected chi connectivity index (χ4v) is 5.58. The van der Waals surface area contributed by atoms with Gasteiger partial charge in [-0.1, -0.05) is 74.8 Å². The number of fused-ring (bicyclic) bond motifs is 1. The van der Waals surface area contributed by atoms with E-state index in [0.29, 0.717) is 46.5 Å². The van der Waals surface area contributed by atoms with Gasteiger partial charge < -0.3 is 30.2 Å². The number of hydrogen-bond acceptors (Lipinski definition) is 6. The number of nitrogens with one attached hydrogen (secondary N) is 1. The zero-order chi connectivity index (χ0) is 31.7. The molecule has 0 saturated carbocycles. The Balaban J connectivity index is 1.52. The number of carbonyl (C=O) groups excluding carboxylic acids is 2. The summed E-state index contributed by atoms with van der Waals surface area (Å²) in [5, 5.41) is 3.98. The molecule has 236 valence electrons. The molecule has 9 heteroatoms. The maximum atomic E-state index is 13.8. The third kappa shape index (κ3) is 8.97. The second kappa shape index (κ2) is 15.4. The number of methoxy groups -OCH3 is 1. The standard InChI is InChI=1S/C35H44ClN3O5/c1-35(2,3)23-39-28-17-16-25(36)21-27(28)32(44-30(34(39)41)22-31(37)40)26-14-8-15-29(33(26)42-4)43-20-10-19-38-18-9-13-24-11-6-5-7-12-24/h5-8,11-12,14-17,21,30,32,38H,9-10,13,18-20,22-23H2,1-4H3,(H2,37,40)/t30-,32-/m0/s1. The lowest BCUT2D eigenvalue weighted by Crippen LogP contribution is -2.44. The number of ether oxygens (including phenoxy) is 3. The molecule has 0 aromatic heterocycles. The molecule has 0 saturated heterocycles. The Bertz CT molecular complexity index is 1410. The molecule has 0 unspecified atom stereocenters. The summed E-state index contributed by atoms with van der Waals surface area (Å²) in [5.41, 5.74) is 8.71. The van der Waals surface area contributed by atoms with Crippen LogP contribution in [-0.2, 0) is 20.7 Å². The van der Waals surface area contributed by atoms with Crippen molar-refractivity contribution in [2.75, 3.05) is 38.3 Å². The Hall–Kier alpha value is -3.59. The summed E-state index contributed by atoms with van der Waals surface area (Å²) in [5.74, 6) is 0.107. The van der Waals surface area contributed by atoms with Crippen LogP contribution in [0.15, 0.2) is 66.7 Å². The molecule has 0 fully saturated rings. The average Bonchev–Trinajstić information content (AvgIpc) is 3.08. The molecule has 4 rings (SSSR count). The first kappa shape index (κ1) is 33.3. The van der Waals surface area contributed by atoms with Gasteiger partial charge in [0, 0.05) is 28.4 Å². The number of anilines is 1. The quantitative estimate of drug-likeness (QED) is 0.211. The fraction of sp³-hybridized carbons (Fsp3) is 0.429. The summed E-state index contributed by atoms with van der Waals surface area (Å²) in [6.07, 6.45) is 0.814. The maximum Gasteiger partial charge on any atom is 0.256 e. The Morgan fingerprint density at radius 1 is 1.02 bits per heavy atom. The summed E-state index contributed by atoms with van der Waals surface area (Å²) in [6.45, 7) is 8.81. The average molecular weight is 622 g/mol. The van der Waals surface area contributed by atoms with Crippen LogP contribution in [0.4, 0.5) is 5.69 Å². The first-order valence-corrected chi connectivity index (χ1v) is 15.5. The van der Waals surface area contributed by atoms with Crippen LogP contribution in [0.1, 0.15) is 62.8 Å². The van der Waals surface area contributed by atoms with Crippen LogP contribution in [0, 0.1) is 5.41 Å². The Labute approximate surface area is 265 Å². The third-order valence-corrected chi connectivity index (χ3v) is 7.57. The molecule has 3 aromatic carbocycles. The number of primary amides is 1. The molecule has 3 N–H and O–H groups in total. The minimum atomic E-state index is -1.09. The van der Waals surface area contributed by atoms with Crippen molar-refractivity contribution in [3.05, 3.63) is 88.4 Å². The lowest BCUT2D eigenvalue weighted by molar-refractivity contribution is -0.137. The molecule has 0 radical (unpaired) electrons. The smallest absolute Gasteiger partial charge is 0.256 e. The molecule has 2 amide bonds. The first-order chi connectivity index (χ1) is 21.1. The van der Waals surface area contributed by atoms with Crippen LogP contribution < -0.4 is 25.4 Å². The molecular weight excluding hydrogens is 578 g/mol. The topological polar surface area (TPSA) is 103 Å². The zero-order valence-corrected chi connectivity index (χ0v) is 26.9. The van der Waals surface area contributed by atoms with Crippen molar-refractivity contribution >= 4 is 29.1 Å². The van der Waals surface area contributed by atoms with Gasteiger partial charge in [-0.05, 0) is 67.6 Å². The van der Waals surface area contributed by atoms with Gasteiger partial charge >= 0.3 is 0 Å². The summed E-state index contributed by atoms with van der Waals surface area (Å²) in [4.78, 5) is 27.6. The van der Waals surface area contributed by atoms with Crippen molar-refractivity contribution in [3.63, 3.8) is 0 Å². The Morgan fingerprint density at radius 2 is 1.77 bits per heavy atom. The summed E-state index contributed by atoms with van der Waals surface area (Å²) >= 11 is 6.49. The number of nitrogens with zero attached hydrogens (tertiary/aromatic N) is 1. The van der Waals surface area contributed by atoms with Gasteiger partial charge in [0.15, 0.2) is 11.5 Å². The van der Waals surface area contributed by atoms with Crippen molar-refractivity contribution in [3.8, 4) is 11.5 Å². The first-order valence-electron chi connectivity index (χ1n) is 15.2. The van der Waals surface area contributed by atoms with Crippen molar-refractivity contribution in [1.29, 1.82) is 0 Å². The fourth-order valence-electron chi connectivity index (χ4n) is 5.40. The van der Waals surface area contributed by atoms with Crippen LogP contribution in [0.2, 0.25) is 5.02 Å². The number of carbonyl (C=O) groups is 2. The highest BCUT2D eigenvalue weighted by molar-refractivity contribution is 6.30. The van der Waals surface area contributed by atoms with Crippen molar-refractivity contribution in [1.82, 2.24) is 5.32 Å². The second-order valence-corrected chi connectivity index (χ2v) is 12.7. The van der Waals surface area contributed by atoms with Crippen LogP contribution >= 0.6 is 11.6 Å². The van der Waals surface area contributed by atoms with Crippen molar-refractivity contribution in [2.24, 2.45) is 11.1 Å². The normalized spacial score (nSPS) is 16.8. The van der Waals surface area contributed by atoms with E-state index in [2.05, 4.69) is 29.6 Å². The van der Waals surface area contributed by atoms with Gasteiger partial charge in [0.05, 0.1) is 20.1 Å². The van der Waals surface area contributed by atoms with Crippen LogP contribution in [-0.4, -0.2) is 51.3 Å². The highest BCUT2D eigenvalue weighted by atomic mass is 35.5. The molecule has 8 nitrogen and oxygen atoms in total. The monoisotopic (exact) mass is 621 g/mol. The van der Waals surface area contributed by atoms with E-state index in [1.165, 1.54) is 5.56 Å². The van der Waals surface area contributed by atoms with Crippen LogP contribution in [0.3, 0.4) is 0 Å². The number of para-hydroxylation sites is 1. The Morgan fingerprint density at radius 3 is 2.48 bits per heavy atom. The van der Waals surface area contributed by atoms with E-state index in [0.717, 1.165) is 32.4 Å². The van der Waals surface area contributed by atoms with Gasteiger partial charge in [0.25, 0.3) is 5.91 Å². The third-order valence-electron chi connectivity index (χ3n) is 7.34. The molecule has 0 aliphatic carbocycles. The molecule has 44 heavy (non-hydrogen) atoms. The number of halogens is 1. The van der Waals surface area contributed by atoms with Gasteiger partial charge in [0.2, 0.25) is 5.91 Å². The molecule has 2 atom stereocenters. The van der Waals surface area contributed by atoms with Crippen LogP contribution in [0.25, 0.3) is 0 Å². The SMILES string of the molecule is COc1c(OCCCNCCCc2ccccc2)cccc1[C@@H]1O[C@@H](CC(N)=O)C(=O)N(CC(C)(C)C)c2ccc(Cl)cc21. The van der Waals surface area contributed by atoms with Gasteiger partial charge in [-0.15, -0.1) is 0 Å². The number of hydrogen-bond donors (Lipinski definition) is 2. The molecule has 3 aromatic rings. The van der Waals surface area contributed by atoms with E-state index < -0.39 is 18.1 Å². The highest BCUT2D eigenvalue weighted by Gasteiger charge is 2.39. The molecule has 0 spiro atoms. The summed E-state index contributed by atoms with van der Waals surface area (Å²) in [6, 6.07) is 21.4. The summed E-state index contributed by atoms with van der Waals surface area (Å²) in [7, 11) is 1.58. The molecule has 1 heterocycles. The molecular formula is C35H44ClN3O5. The molecule has 1 aliphatic heterocycles. The number of rotatable bonds is 14. The van der Waals surface area contributed by atoms with Crippen molar-refractivity contribution < 1.29 is 23.8 Å². The minimum absolute atomic E-state index is 0.230. The predicted octanol–water partition coefficient (Wildman–Crippen LogP) is 6.08.